The number of fused-ring (bicyclic) bond motifs is 3. The molecule has 120 valence electrons. The quantitative estimate of drug-likeness (QED) is 0.781. The lowest BCUT2D eigenvalue weighted by atomic mass is 10.1. The number of carbonyl (C=O) groups excluding carboxylic acids is 1. The highest BCUT2D eigenvalue weighted by Gasteiger charge is 2.23. The summed E-state index contributed by atoms with van der Waals surface area (Å²) in [6.07, 6.45) is 1.90. The maximum atomic E-state index is 13.0. The molecule has 3 rings (SSSR count). The second-order valence-corrected chi connectivity index (χ2v) is 6.38. The second-order valence-electron chi connectivity index (χ2n) is 5.36. The first-order chi connectivity index (χ1) is 11.1. The number of benzene rings is 1. The zero-order valence-corrected chi connectivity index (χ0v) is 13.9. The summed E-state index contributed by atoms with van der Waals surface area (Å²) in [7, 11) is 1.46. The fourth-order valence-corrected chi connectivity index (χ4v) is 3.99. The highest BCUT2D eigenvalue weighted by molar-refractivity contribution is 7.22. The Bertz CT molecular complexity index is 956. The molecule has 0 unspecified atom stereocenters. The Kier molecular flexibility index (Phi) is 4.09. The SMILES string of the molecule is CCCCn1c(=O)c2c(OC)c(C(N)=O)sc2c2ccccc21. The lowest BCUT2D eigenvalue weighted by Crippen LogP contribution is -2.21. The molecule has 0 fully saturated rings. The molecule has 0 spiro atoms. The van der Waals surface area contributed by atoms with Crippen LogP contribution in [0.2, 0.25) is 0 Å². The molecule has 1 aromatic carbocycles. The first-order valence-electron chi connectivity index (χ1n) is 7.52. The summed E-state index contributed by atoms with van der Waals surface area (Å²) >= 11 is 1.22. The normalized spacial score (nSPS) is 11.2. The fraction of sp³-hybridized carbons (Fsp3) is 0.294. The van der Waals surface area contributed by atoms with E-state index in [0.29, 0.717) is 17.7 Å². The summed E-state index contributed by atoms with van der Waals surface area (Å²) < 4.78 is 7.86. The zero-order chi connectivity index (χ0) is 16.6. The van der Waals surface area contributed by atoms with Crippen LogP contribution < -0.4 is 16.0 Å². The van der Waals surface area contributed by atoms with Crippen molar-refractivity contribution in [3.05, 3.63) is 39.5 Å². The Morgan fingerprint density at radius 2 is 2.09 bits per heavy atom. The van der Waals surface area contributed by atoms with Crippen LogP contribution in [0.15, 0.2) is 29.1 Å². The van der Waals surface area contributed by atoms with Gasteiger partial charge in [-0.1, -0.05) is 31.5 Å². The molecule has 3 aromatic rings. The number of thiophene rings is 1. The van der Waals surface area contributed by atoms with Crippen LogP contribution >= 0.6 is 11.3 Å². The number of unbranched alkanes of at least 4 members (excludes halogenated alkanes) is 1. The van der Waals surface area contributed by atoms with Crippen LogP contribution in [0.3, 0.4) is 0 Å². The van der Waals surface area contributed by atoms with E-state index in [1.54, 1.807) is 4.57 Å². The van der Waals surface area contributed by atoms with E-state index >= 15 is 0 Å². The van der Waals surface area contributed by atoms with Crippen molar-refractivity contribution in [2.75, 3.05) is 7.11 Å². The standard InChI is InChI=1S/C17H18N2O3S/c1-3-4-9-19-11-8-6-5-7-10(11)14-12(17(19)21)13(22-2)15(23-14)16(18)20/h5-8H,3-4,9H2,1-2H3,(H2,18,20). The van der Waals surface area contributed by atoms with Crippen molar-refractivity contribution in [1.82, 2.24) is 4.57 Å². The van der Waals surface area contributed by atoms with Gasteiger partial charge < -0.3 is 15.0 Å². The molecule has 1 amide bonds. The van der Waals surface area contributed by atoms with Gasteiger partial charge in [0.05, 0.1) is 17.3 Å². The van der Waals surface area contributed by atoms with E-state index in [-0.39, 0.29) is 10.4 Å². The van der Waals surface area contributed by atoms with E-state index in [1.165, 1.54) is 18.4 Å². The first-order valence-corrected chi connectivity index (χ1v) is 8.33. The maximum Gasteiger partial charge on any atom is 0.263 e. The number of ether oxygens (including phenoxy) is 1. The fourth-order valence-electron chi connectivity index (χ4n) is 2.84. The summed E-state index contributed by atoms with van der Waals surface area (Å²) in [5.41, 5.74) is 6.19. The summed E-state index contributed by atoms with van der Waals surface area (Å²) in [4.78, 5) is 25.0. The van der Waals surface area contributed by atoms with E-state index in [1.807, 2.05) is 24.3 Å². The van der Waals surface area contributed by atoms with Crippen molar-refractivity contribution in [2.24, 2.45) is 5.73 Å². The van der Waals surface area contributed by atoms with Gasteiger partial charge in [0.15, 0.2) is 5.75 Å². The van der Waals surface area contributed by atoms with Gasteiger partial charge in [-0.15, -0.1) is 11.3 Å². The average molecular weight is 330 g/mol. The van der Waals surface area contributed by atoms with Crippen LogP contribution in [0.4, 0.5) is 0 Å². The van der Waals surface area contributed by atoms with E-state index in [9.17, 15) is 9.59 Å². The van der Waals surface area contributed by atoms with Crippen LogP contribution in [0.25, 0.3) is 21.0 Å². The molecular formula is C17H18N2O3S. The van der Waals surface area contributed by atoms with Crippen molar-refractivity contribution in [3.63, 3.8) is 0 Å². The molecule has 2 heterocycles. The number of carbonyl (C=O) groups is 1. The minimum absolute atomic E-state index is 0.132. The van der Waals surface area contributed by atoms with Gasteiger partial charge in [-0.3, -0.25) is 9.59 Å². The molecule has 0 bridgehead atoms. The number of nitrogens with two attached hydrogens (primary N) is 1. The lowest BCUT2D eigenvalue weighted by Gasteiger charge is -2.11. The molecule has 0 radical (unpaired) electrons. The van der Waals surface area contributed by atoms with Crippen molar-refractivity contribution in [3.8, 4) is 5.75 Å². The Balaban J connectivity index is 2.49. The van der Waals surface area contributed by atoms with Crippen LogP contribution in [-0.2, 0) is 6.54 Å². The minimum Gasteiger partial charge on any atom is -0.494 e. The number of aromatic nitrogens is 1. The molecular weight excluding hydrogens is 312 g/mol. The average Bonchev–Trinajstić information content (AvgIpc) is 2.95. The van der Waals surface area contributed by atoms with E-state index < -0.39 is 5.91 Å². The molecule has 0 saturated carbocycles. The number of pyridine rings is 1. The Labute approximate surface area is 137 Å². The Morgan fingerprint density at radius 3 is 2.74 bits per heavy atom. The van der Waals surface area contributed by atoms with E-state index in [4.69, 9.17) is 10.5 Å². The van der Waals surface area contributed by atoms with Crippen molar-refractivity contribution in [2.45, 2.75) is 26.3 Å². The predicted octanol–water partition coefficient (Wildman–Crippen LogP) is 3.12. The van der Waals surface area contributed by atoms with Crippen LogP contribution in [0.1, 0.15) is 29.4 Å². The van der Waals surface area contributed by atoms with Gasteiger partial charge in [-0.25, -0.2) is 0 Å². The van der Waals surface area contributed by atoms with Crippen LogP contribution in [0.5, 0.6) is 5.75 Å². The van der Waals surface area contributed by atoms with Crippen LogP contribution in [-0.4, -0.2) is 17.6 Å². The van der Waals surface area contributed by atoms with Crippen LogP contribution in [0, 0.1) is 0 Å². The van der Waals surface area contributed by atoms with Gasteiger partial charge in [-0.2, -0.15) is 0 Å². The number of methoxy groups -OCH3 is 1. The van der Waals surface area contributed by atoms with Gasteiger partial charge in [0.25, 0.3) is 11.5 Å². The molecule has 2 N–H and O–H groups in total. The largest absolute Gasteiger partial charge is 0.494 e. The van der Waals surface area contributed by atoms with Gasteiger partial charge in [0, 0.05) is 11.9 Å². The highest BCUT2D eigenvalue weighted by Crippen LogP contribution is 2.39. The number of primary amides is 1. The number of hydrogen-bond acceptors (Lipinski definition) is 4. The highest BCUT2D eigenvalue weighted by atomic mass is 32.1. The summed E-state index contributed by atoms with van der Waals surface area (Å²) in [6, 6.07) is 7.73. The Morgan fingerprint density at radius 1 is 1.35 bits per heavy atom. The number of nitrogens with zero attached hydrogens (tertiary/aromatic N) is 1. The Hall–Kier alpha value is -2.34. The maximum absolute atomic E-state index is 13.0. The molecule has 0 aliphatic rings. The van der Waals surface area contributed by atoms with Gasteiger partial charge in [-0.05, 0) is 12.5 Å². The second kappa shape index (κ2) is 6.04. The number of para-hydroxylation sites is 1. The number of aryl methyl sites for hydroxylation is 1. The van der Waals surface area contributed by atoms with E-state index in [0.717, 1.165) is 28.4 Å². The number of hydrogen-bond donors (Lipinski definition) is 1. The minimum atomic E-state index is -0.577. The molecule has 0 saturated heterocycles. The van der Waals surface area contributed by atoms with Crippen molar-refractivity contribution >= 4 is 38.2 Å². The molecule has 6 heteroatoms. The molecule has 5 nitrogen and oxygen atoms in total. The van der Waals surface area contributed by atoms with E-state index in [2.05, 4.69) is 6.92 Å². The monoisotopic (exact) mass is 330 g/mol. The molecule has 0 atom stereocenters. The molecule has 2 aromatic heterocycles. The summed E-state index contributed by atoms with van der Waals surface area (Å²) in [5.74, 6) is -0.287. The van der Waals surface area contributed by atoms with Gasteiger partial charge in [0.2, 0.25) is 0 Å². The molecule has 23 heavy (non-hydrogen) atoms. The molecule has 0 aliphatic heterocycles. The molecule has 0 aliphatic carbocycles. The summed E-state index contributed by atoms with van der Waals surface area (Å²) in [5, 5.41) is 1.38. The topological polar surface area (TPSA) is 74.3 Å². The smallest absolute Gasteiger partial charge is 0.263 e. The summed E-state index contributed by atoms with van der Waals surface area (Å²) in [6.45, 7) is 2.72. The van der Waals surface area contributed by atoms with Crippen molar-refractivity contribution < 1.29 is 9.53 Å². The number of rotatable bonds is 5. The lowest BCUT2D eigenvalue weighted by molar-refractivity contribution is 0.100. The third-order valence-electron chi connectivity index (χ3n) is 3.93. The predicted molar refractivity (Wildman–Crippen MR) is 93.6 cm³/mol. The first kappa shape index (κ1) is 15.6. The third kappa shape index (κ3) is 2.39. The van der Waals surface area contributed by atoms with Gasteiger partial charge >= 0.3 is 0 Å². The third-order valence-corrected chi connectivity index (χ3v) is 5.15. The number of amides is 1. The zero-order valence-electron chi connectivity index (χ0n) is 13.1. The van der Waals surface area contributed by atoms with Crippen molar-refractivity contribution in [1.29, 1.82) is 0 Å². The van der Waals surface area contributed by atoms with Gasteiger partial charge in [0.1, 0.15) is 10.3 Å².